The maximum Gasteiger partial charge on any atom is 0.0466 e. The summed E-state index contributed by atoms with van der Waals surface area (Å²) in [7, 11) is 0. The number of aromatic nitrogens is 1. The molecule has 2 aromatic heterocycles. The van der Waals surface area contributed by atoms with Crippen LogP contribution in [0.2, 0.25) is 0 Å². The highest BCUT2D eigenvalue weighted by atomic mass is 32.1. The number of H-pyrrole nitrogens is 1. The summed E-state index contributed by atoms with van der Waals surface area (Å²) in [6.07, 6.45) is 2.40. The highest BCUT2D eigenvalue weighted by Gasteiger charge is 2.21. The number of nitrogens with one attached hydrogen (secondary N) is 1. The van der Waals surface area contributed by atoms with Gasteiger partial charge >= 0.3 is 0 Å². The van der Waals surface area contributed by atoms with Crippen molar-refractivity contribution in [3.63, 3.8) is 0 Å². The first kappa shape index (κ1) is 11.5. The first-order valence-corrected chi connectivity index (χ1v) is 7.97. The van der Waals surface area contributed by atoms with E-state index in [1.807, 2.05) is 11.3 Å². The topological polar surface area (TPSA) is 19.0 Å². The minimum atomic E-state index is 1.11. The second-order valence-electron chi connectivity index (χ2n) is 5.43. The third-order valence-electron chi connectivity index (χ3n) is 4.19. The maximum atomic E-state index is 3.64. The van der Waals surface area contributed by atoms with Gasteiger partial charge in [0.2, 0.25) is 0 Å². The molecule has 1 aliphatic rings. The zero-order valence-corrected chi connectivity index (χ0v) is 12.0. The van der Waals surface area contributed by atoms with Gasteiger partial charge < -0.3 is 4.98 Å². The van der Waals surface area contributed by atoms with E-state index in [1.54, 1.807) is 5.56 Å². The Labute approximate surface area is 117 Å². The first-order chi connectivity index (χ1) is 9.36. The van der Waals surface area contributed by atoms with E-state index in [-0.39, 0.29) is 0 Å². The molecule has 0 radical (unpaired) electrons. The number of hydrogen-bond donors (Lipinski definition) is 1. The van der Waals surface area contributed by atoms with Crippen molar-refractivity contribution < 1.29 is 0 Å². The molecule has 0 aliphatic carbocycles. The highest BCUT2D eigenvalue weighted by Crippen LogP contribution is 2.35. The van der Waals surface area contributed by atoms with Crippen LogP contribution in [0.15, 0.2) is 23.6 Å². The Hall–Kier alpha value is -1.32. The Morgan fingerprint density at radius 3 is 3.16 bits per heavy atom. The van der Waals surface area contributed by atoms with Gasteiger partial charge in [0.25, 0.3) is 0 Å². The van der Waals surface area contributed by atoms with E-state index in [0.717, 1.165) is 13.0 Å². The molecule has 0 bridgehead atoms. The van der Waals surface area contributed by atoms with E-state index in [4.69, 9.17) is 0 Å². The second-order valence-corrected chi connectivity index (χ2v) is 6.38. The van der Waals surface area contributed by atoms with Crippen molar-refractivity contribution in [3.8, 4) is 0 Å². The molecule has 0 unspecified atom stereocenters. The SMILES string of the molecule is CCCN1CCc2[nH]c3ccc4sccc4c3c2C1. The molecule has 1 aromatic carbocycles. The van der Waals surface area contributed by atoms with Crippen molar-refractivity contribution in [1.82, 2.24) is 9.88 Å². The van der Waals surface area contributed by atoms with E-state index < -0.39 is 0 Å². The van der Waals surface area contributed by atoms with Crippen LogP contribution >= 0.6 is 11.3 Å². The number of nitrogens with zero attached hydrogens (tertiary/aromatic N) is 1. The van der Waals surface area contributed by atoms with Gasteiger partial charge in [0.1, 0.15) is 0 Å². The van der Waals surface area contributed by atoms with Gasteiger partial charge in [0, 0.05) is 46.2 Å². The molecule has 0 fully saturated rings. The molecular weight excluding hydrogens is 252 g/mol. The van der Waals surface area contributed by atoms with E-state index in [2.05, 4.69) is 40.4 Å². The van der Waals surface area contributed by atoms with Crippen LogP contribution in [-0.4, -0.2) is 23.0 Å². The summed E-state index contributed by atoms with van der Waals surface area (Å²) >= 11 is 1.84. The van der Waals surface area contributed by atoms with Gasteiger partial charge in [-0.15, -0.1) is 11.3 Å². The van der Waals surface area contributed by atoms with E-state index in [0.29, 0.717) is 0 Å². The molecule has 0 saturated carbocycles. The Kier molecular flexibility index (Phi) is 2.64. The van der Waals surface area contributed by atoms with Crippen molar-refractivity contribution >= 4 is 32.3 Å². The summed E-state index contributed by atoms with van der Waals surface area (Å²) in [4.78, 5) is 6.22. The number of rotatable bonds is 2. The number of hydrogen-bond acceptors (Lipinski definition) is 2. The number of benzene rings is 1. The first-order valence-electron chi connectivity index (χ1n) is 7.09. The molecule has 4 rings (SSSR count). The molecule has 98 valence electrons. The maximum absolute atomic E-state index is 3.64. The van der Waals surface area contributed by atoms with Crippen molar-refractivity contribution in [2.24, 2.45) is 0 Å². The van der Waals surface area contributed by atoms with Crippen molar-refractivity contribution in [3.05, 3.63) is 34.8 Å². The lowest BCUT2D eigenvalue weighted by molar-refractivity contribution is 0.255. The summed E-state index contributed by atoms with van der Waals surface area (Å²) in [5.41, 5.74) is 4.31. The highest BCUT2D eigenvalue weighted by molar-refractivity contribution is 7.17. The van der Waals surface area contributed by atoms with Crippen LogP contribution < -0.4 is 0 Å². The van der Waals surface area contributed by atoms with Gasteiger partial charge in [-0.1, -0.05) is 6.92 Å². The fourth-order valence-electron chi connectivity index (χ4n) is 3.33. The Morgan fingerprint density at radius 1 is 1.32 bits per heavy atom. The molecule has 0 atom stereocenters. The average molecular weight is 270 g/mol. The molecule has 0 amide bonds. The largest absolute Gasteiger partial charge is 0.358 e. The summed E-state index contributed by atoms with van der Waals surface area (Å²) in [6, 6.07) is 6.76. The summed E-state index contributed by atoms with van der Waals surface area (Å²) in [5, 5.41) is 5.10. The number of thiophene rings is 1. The molecule has 3 heterocycles. The third kappa shape index (κ3) is 1.72. The Morgan fingerprint density at radius 2 is 2.26 bits per heavy atom. The van der Waals surface area contributed by atoms with Gasteiger partial charge in [-0.05, 0) is 42.1 Å². The van der Waals surface area contributed by atoms with Crippen LogP contribution in [0.1, 0.15) is 24.6 Å². The van der Waals surface area contributed by atoms with Gasteiger partial charge in [-0.2, -0.15) is 0 Å². The van der Waals surface area contributed by atoms with Gasteiger partial charge in [0.05, 0.1) is 0 Å². The predicted octanol–water partition coefficient (Wildman–Crippen LogP) is 4.15. The minimum Gasteiger partial charge on any atom is -0.358 e. The standard InChI is InChI=1S/C16H18N2S/c1-2-7-18-8-5-13-12(10-18)16-11-6-9-19-15(11)4-3-14(16)17-13/h3-4,6,9,17H,2,5,7-8,10H2,1H3. The second kappa shape index (κ2) is 4.36. The molecule has 0 spiro atoms. The molecule has 3 heteroatoms. The van der Waals surface area contributed by atoms with Gasteiger partial charge in [-0.25, -0.2) is 0 Å². The normalized spacial score (nSPS) is 16.3. The smallest absolute Gasteiger partial charge is 0.0466 e. The molecule has 0 saturated heterocycles. The fraction of sp³-hybridized carbons (Fsp3) is 0.375. The summed E-state index contributed by atoms with van der Waals surface area (Å²) in [6.45, 7) is 5.78. The van der Waals surface area contributed by atoms with Crippen LogP contribution in [0, 0.1) is 0 Å². The molecule has 2 nitrogen and oxygen atoms in total. The van der Waals surface area contributed by atoms with Crippen molar-refractivity contribution in [1.29, 1.82) is 0 Å². The molecule has 1 N–H and O–H groups in total. The van der Waals surface area contributed by atoms with E-state index in [9.17, 15) is 0 Å². The predicted molar refractivity (Wildman–Crippen MR) is 83.0 cm³/mol. The zero-order valence-electron chi connectivity index (χ0n) is 11.2. The third-order valence-corrected chi connectivity index (χ3v) is 5.07. The minimum absolute atomic E-state index is 1.11. The van der Waals surface area contributed by atoms with E-state index in [1.165, 1.54) is 46.2 Å². The lowest BCUT2D eigenvalue weighted by Gasteiger charge is -2.26. The molecule has 19 heavy (non-hydrogen) atoms. The quantitative estimate of drug-likeness (QED) is 0.741. The fourth-order valence-corrected chi connectivity index (χ4v) is 4.12. The Balaban J connectivity index is 1.93. The van der Waals surface area contributed by atoms with Crippen LogP contribution in [-0.2, 0) is 13.0 Å². The number of aromatic amines is 1. The zero-order chi connectivity index (χ0) is 12.8. The lowest BCUT2D eigenvalue weighted by atomic mass is 10.0. The number of fused-ring (bicyclic) bond motifs is 5. The molecular formula is C16H18N2S. The monoisotopic (exact) mass is 270 g/mol. The average Bonchev–Trinajstić information content (AvgIpc) is 3.01. The molecule has 3 aromatic rings. The van der Waals surface area contributed by atoms with Crippen molar-refractivity contribution in [2.45, 2.75) is 26.3 Å². The van der Waals surface area contributed by atoms with Gasteiger partial charge in [-0.3, -0.25) is 4.90 Å². The van der Waals surface area contributed by atoms with Crippen LogP contribution in [0.3, 0.4) is 0 Å². The van der Waals surface area contributed by atoms with Crippen LogP contribution in [0.5, 0.6) is 0 Å². The van der Waals surface area contributed by atoms with E-state index >= 15 is 0 Å². The van der Waals surface area contributed by atoms with Crippen molar-refractivity contribution in [2.75, 3.05) is 13.1 Å². The molecule has 1 aliphatic heterocycles. The lowest BCUT2D eigenvalue weighted by Crippen LogP contribution is -2.30. The Bertz CT molecular complexity index is 738. The van der Waals surface area contributed by atoms with Crippen LogP contribution in [0.25, 0.3) is 21.0 Å². The van der Waals surface area contributed by atoms with Crippen LogP contribution in [0.4, 0.5) is 0 Å². The summed E-state index contributed by atoms with van der Waals surface area (Å²) in [5.74, 6) is 0. The van der Waals surface area contributed by atoms with Gasteiger partial charge in [0.15, 0.2) is 0 Å². The summed E-state index contributed by atoms with van der Waals surface area (Å²) < 4.78 is 1.40.